The van der Waals surface area contributed by atoms with E-state index in [1.807, 2.05) is 13.0 Å². The fraction of sp³-hybridized carbons (Fsp3) is 0.667. The quantitative estimate of drug-likeness (QED) is 0.784. The molecule has 0 bridgehead atoms. The van der Waals surface area contributed by atoms with Gasteiger partial charge in [0, 0.05) is 30.9 Å². The molecule has 2 rings (SSSR count). The van der Waals surface area contributed by atoms with Crippen LogP contribution in [0.5, 0.6) is 5.75 Å². The molecule has 1 fully saturated rings. The first-order chi connectivity index (χ1) is 10.7. The van der Waals surface area contributed by atoms with Crippen molar-refractivity contribution in [3.05, 3.63) is 18.2 Å². The van der Waals surface area contributed by atoms with Crippen molar-refractivity contribution >= 4 is 11.4 Å². The molecule has 1 heterocycles. The first-order valence-electron chi connectivity index (χ1n) is 8.70. The molecular weight excluding hydrogens is 274 g/mol. The standard InChI is InChI=1S/C18H31N3O/c1-4-11-20(5-2)15-9-12-21(13-10-15)16-7-8-17(19)18(14-16)22-6-3/h7-8,14-15H,4-6,9-13,19H2,1-3H3. The average molecular weight is 305 g/mol. The summed E-state index contributed by atoms with van der Waals surface area (Å²) in [5.74, 6) is 0.809. The number of nitrogens with zero attached hydrogens (tertiary/aromatic N) is 2. The van der Waals surface area contributed by atoms with Crippen molar-refractivity contribution in [1.29, 1.82) is 0 Å². The summed E-state index contributed by atoms with van der Waals surface area (Å²) in [6, 6.07) is 6.90. The highest BCUT2D eigenvalue weighted by Crippen LogP contribution is 2.30. The van der Waals surface area contributed by atoms with E-state index in [0.29, 0.717) is 6.61 Å². The predicted octanol–water partition coefficient (Wildman–Crippen LogP) is 3.37. The Hall–Kier alpha value is -1.42. The highest BCUT2D eigenvalue weighted by molar-refractivity contribution is 5.62. The molecule has 1 aromatic carbocycles. The molecule has 0 saturated carbocycles. The number of piperidine rings is 1. The van der Waals surface area contributed by atoms with Crippen LogP contribution in [0.25, 0.3) is 0 Å². The normalized spacial score (nSPS) is 16.3. The smallest absolute Gasteiger partial charge is 0.144 e. The second-order valence-electron chi connectivity index (χ2n) is 6.00. The third-order valence-electron chi connectivity index (χ3n) is 4.56. The zero-order chi connectivity index (χ0) is 15.9. The summed E-state index contributed by atoms with van der Waals surface area (Å²) in [6.45, 7) is 11.8. The molecule has 0 radical (unpaired) electrons. The highest BCUT2D eigenvalue weighted by atomic mass is 16.5. The zero-order valence-electron chi connectivity index (χ0n) is 14.3. The number of nitrogen functional groups attached to an aromatic ring is 1. The molecule has 1 aliphatic rings. The van der Waals surface area contributed by atoms with Gasteiger partial charge >= 0.3 is 0 Å². The third-order valence-corrected chi connectivity index (χ3v) is 4.56. The lowest BCUT2D eigenvalue weighted by molar-refractivity contribution is 0.177. The lowest BCUT2D eigenvalue weighted by atomic mass is 10.0. The summed E-state index contributed by atoms with van der Waals surface area (Å²) in [4.78, 5) is 5.09. The lowest BCUT2D eigenvalue weighted by Gasteiger charge is -2.39. The van der Waals surface area contributed by atoms with E-state index < -0.39 is 0 Å². The average Bonchev–Trinajstić information content (AvgIpc) is 2.55. The molecule has 2 N–H and O–H groups in total. The number of anilines is 2. The number of ether oxygens (including phenoxy) is 1. The molecule has 1 aromatic rings. The number of benzene rings is 1. The molecule has 4 heteroatoms. The van der Waals surface area contributed by atoms with Gasteiger partial charge in [-0.25, -0.2) is 0 Å². The van der Waals surface area contributed by atoms with E-state index in [-0.39, 0.29) is 0 Å². The maximum Gasteiger partial charge on any atom is 0.144 e. The predicted molar refractivity (Wildman–Crippen MR) is 94.8 cm³/mol. The molecule has 0 unspecified atom stereocenters. The Balaban J connectivity index is 1.98. The minimum atomic E-state index is 0.651. The van der Waals surface area contributed by atoms with E-state index in [4.69, 9.17) is 10.5 Å². The fourth-order valence-corrected chi connectivity index (χ4v) is 3.38. The molecule has 0 spiro atoms. The van der Waals surface area contributed by atoms with Crippen molar-refractivity contribution in [3.63, 3.8) is 0 Å². The second kappa shape index (κ2) is 8.28. The van der Waals surface area contributed by atoms with Crippen LogP contribution >= 0.6 is 0 Å². The topological polar surface area (TPSA) is 41.7 Å². The van der Waals surface area contributed by atoms with Crippen molar-refractivity contribution in [1.82, 2.24) is 4.90 Å². The zero-order valence-corrected chi connectivity index (χ0v) is 14.3. The van der Waals surface area contributed by atoms with E-state index in [1.165, 1.54) is 31.5 Å². The summed E-state index contributed by atoms with van der Waals surface area (Å²) >= 11 is 0. The third kappa shape index (κ3) is 4.07. The number of hydrogen-bond acceptors (Lipinski definition) is 4. The molecular formula is C18H31N3O. The molecule has 0 aliphatic carbocycles. The van der Waals surface area contributed by atoms with Gasteiger partial charge in [0.05, 0.1) is 12.3 Å². The van der Waals surface area contributed by atoms with E-state index in [2.05, 4.69) is 35.8 Å². The van der Waals surface area contributed by atoms with Gasteiger partial charge in [0.1, 0.15) is 5.75 Å². The highest BCUT2D eigenvalue weighted by Gasteiger charge is 2.23. The van der Waals surface area contributed by atoms with Gasteiger partial charge in [-0.1, -0.05) is 13.8 Å². The SMILES string of the molecule is CCCN(CC)C1CCN(c2ccc(N)c(OCC)c2)CC1. The van der Waals surface area contributed by atoms with E-state index in [9.17, 15) is 0 Å². The molecule has 0 amide bonds. The van der Waals surface area contributed by atoms with Crippen LogP contribution in [0, 0.1) is 0 Å². The Labute approximate surface area is 135 Å². The summed E-state index contributed by atoms with van der Waals surface area (Å²) in [5.41, 5.74) is 7.92. The monoisotopic (exact) mass is 305 g/mol. The Morgan fingerprint density at radius 1 is 1.23 bits per heavy atom. The van der Waals surface area contributed by atoms with Gasteiger partial charge in [0.2, 0.25) is 0 Å². The maximum absolute atomic E-state index is 5.97. The second-order valence-corrected chi connectivity index (χ2v) is 6.00. The largest absolute Gasteiger partial charge is 0.492 e. The van der Waals surface area contributed by atoms with Gasteiger partial charge in [-0.2, -0.15) is 0 Å². The Bertz CT molecular complexity index is 456. The first-order valence-corrected chi connectivity index (χ1v) is 8.70. The molecule has 124 valence electrons. The maximum atomic E-state index is 5.97. The van der Waals surface area contributed by atoms with Gasteiger partial charge in [-0.05, 0) is 51.4 Å². The Morgan fingerprint density at radius 2 is 1.95 bits per heavy atom. The van der Waals surface area contributed by atoms with Crippen LogP contribution < -0.4 is 15.4 Å². The van der Waals surface area contributed by atoms with Crippen molar-refractivity contribution < 1.29 is 4.74 Å². The van der Waals surface area contributed by atoms with Crippen molar-refractivity contribution in [3.8, 4) is 5.75 Å². The molecule has 1 aliphatic heterocycles. The van der Waals surface area contributed by atoms with Crippen molar-refractivity contribution in [2.75, 3.05) is 43.4 Å². The van der Waals surface area contributed by atoms with Gasteiger partial charge < -0.3 is 20.3 Å². The van der Waals surface area contributed by atoms with Crippen LogP contribution in [0.3, 0.4) is 0 Å². The van der Waals surface area contributed by atoms with Crippen LogP contribution in [0.15, 0.2) is 18.2 Å². The summed E-state index contributed by atoms with van der Waals surface area (Å²) < 4.78 is 5.62. The summed E-state index contributed by atoms with van der Waals surface area (Å²) in [7, 11) is 0. The van der Waals surface area contributed by atoms with Gasteiger partial charge in [-0.15, -0.1) is 0 Å². The van der Waals surface area contributed by atoms with Crippen LogP contribution in [-0.2, 0) is 0 Å². The first kappa shape index (κ1) is 16.9. The van der Waals surface area contributed by atoms with E-state index in [0.717, 1.165) is 37.1 Å². The lowest BCUT2D eigenvalue weighted by Crippen LogP contribution is -2.45. The van der Waals surface area contributed by atoms with Crippen LogP contribution in [0.2, 0.25) is 0 Å². The van der Waals surface area contributed by atoms with E-state index >= 15 is 0 Å². The molecule has 4 nitrogen and oxygen atoms in total. The van der Waals surface area contributed by atoms with Crippen molar-refractivity contribution in [2.24, 2.45) is 0 Å². The molecule has 0 aromatic heterocycles. The van der Waals surface area contributed by atoms with Crippen LogP contribution in [-0.4, -0.2) is 43.7 Å². The molecule has 1 saturated heterocycles. The van der Waals surface area contributed by atoms with Gasteiger partial charge in [-0.3, -0.25) is 0 Å². The Kier molecular flexibility index (Phi) is 6.37. The fourth-order valence-electron chi connectivity index (χ4n) is 3.38. The van der Waals surface area contributed by atoms with Crippen LogP contribution in [0.4, 0.5) is 11.4 Å². The van der Waals surface area contributed by atoms with Gasteiger partial charge in [0.25, 0.3) is 0 Å². The number of nitrogens with two attached hydrogens (primary N) is 1. The van der Waals surface area contributed by atoms with E-state index in [1.54, 1.807) is 0 Å². The summed E-state index contributed by atoms with van der Waals surface area (Å²) in [6.07, 6.45) is 3.72. The van der Waals surface area contributed by atoms with Crippen LogP contribution in [0.1, 0.15) is 40.0 Å². The minimum Gasteiger partial charge on any atom is -0.492 e. The van der Waals surface area contributed by atoms with Crippen molar-refractivity contribution in [2.45, 2.75) is 46.1 Å². The molecule has 22 heavy (non-hydrogen) atoms. The minimum absolute atomic E-state index is 0.651. The number of rotatable bonds is 7. The van der Waals surface area contributed by atoms with Gasteiger partial charge in [0.15, 0.2) is 0 Å². The Morgan fingerprint density at radius 3 is 2.55 bits per heavy atom. The molecule has 0 atom stereocenters. The number of hydrogen-bond donors (Lipinski definition) is 1. The summed E-state index contributed by atoms with van der Waals surface area (Å²) in [5, 5.41) is 0.